The van der Waals surface area contributed by atoms with E-state index >= 15 is 4.39 Å². The van der Waals surface area contributed by atoms with Crippen molar-refractivity contribution in [2.45, 2.75) is 0 Å². The number of nitrogens with one attached hydrogen (secondary N) is 1. The Bertz CT molecular complexity index is 1610. The predicted octanol–water partition coefficient (Wildman–Crippen LogP) is 8.46. The molecular weight excluding hydrogens is 439 g/mol. The largest absolute Gasteiger partial charge is 0.355 e. The highest BCUT2D eigenvalue weighted by atomic mass is 19.1. The second-order valence-electron chi connectivity index (χ2n) is 8.39. The van der Waals surface area contributed by atoms with Gasteiger partial charge >= 0.3 is 5.69 Å². The van der Waals surface area contributed by atoms with E-state index in [1.807, 2.05) is 72.8 Å². The van der Waals surface area contributed by atoms with Gasteiger partial charge < -0.3 is 5.32 Å². The Hall–Kier alpha value is -4.77. The van der Waals surface area contributed by atoms with Crippen molar-refractivity contribution in [3.05, 3.63) is 125 Å². The van der Waals surface area contributed by atoms with Crippen LogP contribution >= 0.6 is 0 Å². The molecule has 168 valence electrons. The van der Waals surface area contributed by atoms with E-state index in [1.54, 1.807) is 6.07 Å². The Balaban J connectivity index is 1.52. The molecule has 0 radical (unpaired) electrons. The summed E-state index contributed by atoms with van der Waals surface area (Å²) in [4.78, 5) is 10.7. The van der Waals surface area contributed by atoms with E-state index in [9.17, 15) is 10.1 Å². The molecule has 1 aliphatic rings. The van der Waals surface area contributed by atoms with Gasteiger partial charge in [-0.1, -0.05) is 84.9 Å². The Morgan fingerprint density at radius 1 is 0.571 bits per heavy atom. The highest BCUT2D eigenvalue weighted by Crippen LogP contribution is 2.56. The zero-order chi connectivity index (χ0) is 23.9. The lowest BCUT2D eigenvalue weighted by Gasteiger charge is -2.30. The number of nitro benzene ring substituents is 1. The fraction of sp³-hybridized carbons (Fsp3) is 0. The molecule has 4 nitrogen and oxygen atoms in total. The van der Waals surface area contributed by atoms with Gasteiger partial charge in [-0.2, -0.15) is 4.39 Å². The molecular formula is C30H19FN2O2. The zero-order valence-electron chi connectivity index (χ0n) is 18.5. The number of nitro groups is 1. The number of benzene rings is 5. The lowest BCUT2D eigenvalue weighted by Crippen LogP contribution is -2.05. The first kappa shape index (κ1) is 20.8. The molecule has 0 bridgehead atoms. The molecule has 0 atom stereocenters. The van der Waals surface area contributed by atoms with Crippen LogP contribution in [-0.2, 0) is 0 Å². The van der Waals surface area contributed by atoms with Crippen LogP contribution in [0, 0.1) is 15.9 Å². The summed E-state index contributed by atoms with van der Waals surface area (Å²) in [6.07, 6.45) is 0. The van der Waals surface area contributed by atoms with Gasteiger partial charge in [0.1, 0.15) is 0 Å². The number of para-hydroxylation sites is 2. The Labute approximate surface area is 201 Å². The van der Waals surface area contributed by atoms with E-state index in [2.05, 4.69) is 23.5 Å². The number of anilines is 2. The van der Waals surface area contributed by atoms with Crippen molar-refractivity contribution >= 4 is 17.1 Å². The van der Waals surface area contributed by atoms with Gasteiger partial charge in [0.25, 0.3) is 0 Å². The third kappa shape index (κ3) is 3.37. The number of halogens is 1. The number of rotatable bonds is 5. The Morgan fingerprint density at radius 3 is 1.71 bits per heavy atom. The van der Waals surface area contributed by atoms with Gasteiger partial charge in [-0.3, -0.25) is 10.1 Å². The third-order valence-corrected chi connectivity index (χ3v) is 6.40. The fourth-order valence-electron chi connectivity index (χ4n) is 4.85. The molecule has 0 unspecified atom stereocenters. The van der Waals surface area contributed by atoms with E-state index in [1.165, 1.54) is 12.1 Å². The molecule has 0 amide bonds. The molecule has 0 saturated heterocycles. The summed E-state index contributed by atoms with van der Waals surface area (Å²) in [6, 6.07) is 34.2. The second kappa shape index (κ2) is 8.22. The predicted molar refractivity (Wildman–Crippen MR) is 138 cm³/mol. The summed E-state index contributed by atoms with van der Waals surface area (Å²) in [5.74, 6) is -0.817. The van der Waals surface area contributed by atoms with Crippen molar-refractivity contribution in [3.63, 3.8) is 0 Å². The van der Waals surface area contributed by atoms with Crippen molar-refractivity contribution in [1.82, 2.24) is 0 Å². The standard InChI is InChI=1S/C30H19FN2O2/c31-30-25(16-8-18-27(30)33(34)35)24-15-7-14-23-22-13-6-12-21(28(22)29(23)24)20-11-4-5-17-26(20)32-19-9-2-1-3-10-19/h1-18,32H. The lowest BCUT2D eigenvalue weighted by molar-refractivity contribution is -0.387. The maximum Gasteiger partial charge on any atom is 0.305 e. The Kier molecular flexibility index (Phi) is 4.89. The summed E-state index contributed by atoms with van der Waals surface area (Å²) in [5, 5.41) is 14.9. The van der Waals surface area contributed by atoms with Gasteiger partial charge in [-0.15, -0.1) is 0 Å². The first-order chi connectivity index (χ1) is 17.1. The molecule has 0 aliphatic heterocycles. The fourth-order valence-corrected chi connectivity index (χ4v) is 4.85. The lowest BCUT2D eigenvalue weighted by atomic mass is 9.73. The van der Waals surface area contributed by atoms with Crippen molar-refractivity contribution in [3.8, 4) is 44.5 Å². The van der Waals surface area contributed by atoms with Gasteiger partial charge in [0.15, 0.2) is 0 Å². The highest BCUT2D eigenvalue weighted by Gasteiger charge is 2.31. The summed E-state index contributed by atoms with van der Waals surface area (Å²) >= 11 is 0. The average molecular weight is 458 g/mol. The maximum atomic E-state index is 15.2. The van der Waals surface area contributed by atoms with Crippen LogP contribution in [0.5, 0.6) is 0 Å². The van der Waals surface area contributed by atoms with Gasteiger partial charge in [-0.05, 0) is 51.6 Å². The molecule has 5 heteroatoms. The quantitative estimate of drug-likeness (QED) is 0.208. The molecule has 0 spiro atoms. The maximum absolute atomic E-state index is 15.2. The molecule has 5 aromatic carbocycles. The van der Waals surface area contributed by atoms with Crippen LogP contribution in [0.1, 0.15) is 0 Å². The molecule has 0 aromatic heterocycles. The second-order valence-corrected chi connectivity index (χ2v) is 8.39. The van der Waals surface area contributed by atoms with Crippen molar-refractivity contribution in [1.29, 1.82) is 0 Å². The van der Waals surface area contributed by atoms with Crippen molar-refractivity contribution in [2.24, 2.45) is 0 Å². The summed E-state index contributed by atoms with van der Waals surface area (Å²) < 4.78 is 15.2. The number of nitrogens with zero attached hydrogens (tertiary/aromatic N) is 1. The first-order valence-corrected chi connectivity index (χ1v) is 11.2. The van der Waals surface area contributed by atoms with Crippen LogP contribution in [-0.4, -0.2) is 4.92 Å². The van der Waals surface area contributed by atoms with Crippen LogP contribution in [0.4, 0.5) is 21.5 Å². The molecule has 1 aliphatic carbocycles. The van der Waals surface area contributed by atoms with E-state index in [0.29, 0.717) is 5.56 Å². The molecule has 0 saturated carbocycles. The first-order valence-electron chi connectivity index (χ1n) is 11.2. The van der Waals surface area contributed by atoms with Crippen LogP contribution in [0.15, 0.2) is 109 Å². The van der Waals surface area contributed by atoms with Gasteiger partial charge in [-0.25, -0.2) is 0 Å². The molecule has 5 aromatic rings. The number of fused-ring (bicyclic) bond motifs is 4. The average Bonchev–Trinajstić information content (AvgIpc) is 2.87. The van der Waals surface area contributed by atoms with E-state index < -0.39 is 16.4 Å². The van der Waals surface area contributed by atoms with Crippen LogP contribution in [0.2, 0.25) is 0 Å². The topological polar surface area (TPSA) is 55.2 Å². The summed E-state index contributed by atoms with van der Waals surface area (Å²) in [5.41, 5.74) is 8.36. The molecule has 1 N–H and O–H groups in total. The summed E-state index contributed by atoms with van der Waals surface area (Å²) in [7, 11) is 0. The molecule has 6 rings (SSSR count). The molecule has 0 fully saturated rings. The van der Waals surface area contributed by atoms with Crippen molar-refractivity contribution < 1.29 is 9.31 Å². The third-order valence-electron chi connectivity index (χ3n) is 6.40. The molecule has 35 heavy (non-hydrogen) atoms. The van der Waals surface area contributed by atoms with Crippen LogP contribution in [0.3, 0.4) is 0 Å². The number of hydrogen-bond acceptors (Lipinski definition) is 3. The summed E-state index contributed by atoms with van der Waals surface area (Å²) in [6.45, 7) is 0. The zero-order valence-corrected chi connectivity index (χ0v) is 18.5. The van der Waals surface area contributed by atoms with E-state index in [0.717, 1.165) is 44.8 Å². The minimum atomic E-state index is -0.817. The monoisotopic (exact) mass is 458 g/mol. The smallest absolute Gasteiger partial charge is 0.305 e. The Morgan fingerprint density at radius 2 is 1.06 bits per heavy atom. The van der Waals surface area contributed by atoms with E-state index in [-0.39, 0.29) is 5.56 Å². The van der Waals surface area contributed by atoms with Crippen LogP contribution < -0.4 is 5.32 Å². The van der Waals surface area contributed by atoms with E-state index in [4.69, 9.17) is 0 Å². The highest BCUT2D eigenvalue weighted by molar-refractivity contribution is 6.14. The molecule has 0 heterocycles. The minimum absolute atomic E-state index is 0.229. The minimum Gasteiger partial charge on any atom is -0.355 e. The van der Waals surface area contributed by atoms with Crippen LogP contribution in [0.25, 0.3) is 44.5 Å². The van der Waals surface area contributed by atoms with Crippen molar-refractivity contribution in [2.75, 3.05) is 5.32 Å². The van der Waals surface area contributed by atoms with Gasteiger partial charge in [0, 0.05) is 28.6 Å². The normalized spacial score (nSPS) is 11.2. The van der Waals surface area contributed by atoms with Gasteiger partial charge in [0.05, 0.1) is 4.92 Å². The SMILES string of the molecule is O=[N+]([O-])c1cccc(-c2cccc3c2-c2c(-c4ccccc4Nc4ccccc4)cccc2-3)c1F. The van der Waals surface area contributed by atoms with Gasteiger partial charge in [0.2, 0.25) is 5.82 Å². The number of hydrogen-bond donors (Lipinski definition) is 1.